The molecule has 0 aliphatic heterocycles. The highest BCUT2D eigenvalue weighted by molar-refractivity contribution is 6.35. The molecule has 1 aromatic rings. The monoisotopic (exact) mass is 331 g/mol. The molecule has 20 heavy (non-hydrogen) atoms. The van der Waals surface area contributed by atoms with Gasteiger partial charge in [0, 0.05) is 17.1 Å². The Bertz CT molecular complexity index is 441. The van der Waals surface area contributed by atoms with Gasteiger partial charge in [0.15, 0.2) is 0 Å². The zero-order valence-corrected chi connectivity index (χ0v) is 12.2. The Labute approximate surface area is 125 Å². The minimum atomic E-state index is -4.67. The lowest BCUT2D eigenvalue weighted by molar-refractivity contribution is -0.325. The summed E-state index contributed by atoms with van der Waals surface area (Å²) < 4.78 is 44.4. The molecule has 0 saturated carbocycles. The first kappa shape index (κ1) is 17.4. The van der Waals surface area contributed by atoms with Gasteiger partial charge < -0.3 is 10.1 Å². The molecule has 1 aromatic carbocycles. The molecular formula is C12H14Cl2F3NO2. The van der Waals surface area contributed by atoms with Crippen molar-refractivity contribution in [3.63, 3.8) is 0 Å². The molecule has 0 heterocycles. The number of ether oxygens (including phenoxy) is 2. The van der Waals surface area contributed by atoms with Crippen molar-refractivity contribution in [2.75, 3.05) is 19.8 Å². The van der Waals surface area contributed by atoms with Crippen LogP contribution in [0.4, 0.5) is 13.2 Å². The van der Waals surface area contributed by atoms with Gasteiger partial charge in [-0.25, -0.2) is 0 Å². The highest BCUT2D eigenvalue weighted by Gasteiger charge is 2.28. The molecule has 0 amide bonds. The lowest BCUT2D eigenvalue weighted by Crippen LogP contribution is -2.19. The molecule has 8 heteroatoms. The Balaban J connectivity index is 2.67. The van der Waals surface area contributed by atoms with Gasteiger partial charge in [0.25, 0.3) is 0 Å². The molecule has 0 aliphatic rings. The Morgan fingerprint density at radius 3 is 2.50 bits per heavy atom. The third-order valence-electron chi connectivity index (χ3n) is 2.25. The molecule has 0 atom stereocenters. The second kappa shape index (κ2) is 7.93. The van der Waals surface area contributed by atoms with Crippen LogP contribution in [0.2, 0.25) is 10.0 Å². The number of rotatable bonds is 7. The number of benzene rings is 1. The van der Waals surface area contributed by atoms with E-state index in [-0.39, 0.29) is 11.6 Å². The molecule has 0 radical (unpaired) electrons. The summed E-state index contributed by atoms with van der Waals surface area (Å²) in [5, 5.41) is 3.75. The van der Waals surface area contributed by atoms with Crippen LogP contribution < -0.4 is 10.1 Å². The van der Waals surface area contributed by atoms with Gasteiger partial charge in [-0.05, 0) is 18.7 Å². The van der Waals surface area contributed by atoms with Crippen LogP contribution in [0.1, 0.15) is 12.5 Å². The van der Waals surface area contributed by atoms with Crippen molar-refractivity contribution in [2.45, 2.75) is 19.8 Å². The van der Waals surface area contributed by atoms with Crippen LogP contribution in [0.25, 0.3) is 0 Å². The van der Waals surface area contributed by atoms with Crippen molar-refractivity contribution >= 4 is 23.2 Å². The van der Waals surface area contributed by atoms with Gasteiger partial charge in [0.05, 0.1) is 11.6 Å². The van der Waals surface area contributed by atoms with Crippen LogP contribution in [0.5, 0.6) is 5.75 Å². The summed E-state index contributed by atoms with van der Waals surface area (Å²) in [6.07, 6.45) is -4.67. The largest absolute Gasteiger partial charge is 0.522 e. The normalized spacial score (nSPS) is 11.7. The maximum atomic E-state index is 11.8. The molecule has 0 saturated heterocycles. The Kier molecular flexibility index (Phi) is 6.88. The van der Waals surface area contributed by atoms with E-state index in [0.29, 0.717) is 22.9 Å². The van der Waals surface area contributed by atoms with Crippen LogP contribution in [0.15, 0.2) is 12.1 Å². The first-order valence-corrected chi connectivity index (χ1v) is 6.61. The van der Waals surface area contributed by atoms with Gasteiger partial charge in [-0.15, -0.1) is 13.2 Å². The predicted molar refractivity (Wildman–Crippen MR) is 71.3 cm³/mol. The van der Waals surface area contributed by atoms with Crippen LogP contribution in [0.3, 0.4) is 0 Å². The fourth-order valence-corrected chi connectivity index (χ4v) is 2.06. The van der Waals surface area contributed by atoms with E-state index in [1.165, 1.54) is 6.07 Å². The fourth-order valence-electron chi connectivity index (χ4n) is 1.47. The first-order chi connectivity index (χ1) is 9.33. The van der Waals surface area contributed by atoms with Gasteiger partial charge in [-0.1, -0.05) is 30.1 Å². The average molecular weight is 332 g/mol. The summed E-state index contributed by atoms with van der Waals surface area (Å²) in [6.45, 7) is 2.22. The smallest absolute Gasteiger partial charge is 0.489 e. The van der Waals surface area contributed by atoms with E-state index in [2.05, 4.69) is 10.1 Å². The molecule has 114 valence electrons. The zero-order valence-electron chi connectivity index (χ0n) is 10.7. The first-order valence-electron chi connectivity index (χ1n) is 5.85. The molecule has 0 aromatic heterocycles. The summed E-state index contributed by atoms with van der Waals surface area (Å²) in [7, 11) is 0. The number of hydrogen-bond acceptors (Lipinski definition) is 3. The van der Waals surface area contributed by atoms with E-state index >= 15 is 0 Å². The molecular weight excluding hydrogens is 318 g/mol. The lowest BCUT2D eigenvalue weighted by Gasteiger charge is -2.14. The van der Waals surface area contributed by atoms with Crippen LogP contribution in [0, 0.1) is 0 Å². The average Bonchev–Trinajstić information content (AvgIpc) is 2.32. The molecule has 1 N–H and O–H groups in total. The zero-order chi connectivity index (χ0) is 15.2. The van der Waals surface area contributed by atoms with Crippen molar-refractivity contribution in [1.82, 2.24) is 5.32 Å². The van der Waals surface area contributed by atoms with E-state index in [1.807, 2.05) is 6.92 Å². The van der Waals surface area contributed by atoms with Crippen molar-refractivity contribution in [3.8, 4) is 5.75 Å². The molecule has 0 bridgehead atoms. The standard InChI is InChI=1S/C12H14Cl2F3NO2/c1-2-18-7-8-5-9(13)6-10(14)11(8)19-3-4-20-12(15,16)17/h5-6,18H,2-4,7H2,1H3. The summed E-state index contributed by atoms with van der Waals surface area (Å²) >= 11 is 11.9. The number of nitrogens with one attached hydrogen (secondary N) is 1. The molecule has 3 nitrogen and oxygen atoms in total. The van der Waals surface area contributed by atoms with E-state index in [9.17, 15) is 13.2 Å². The summed E-state index contributed by atoms with van der Waals surface area (Å²) in [6, 6.07) is 3.12. The minimum absolute atomic E-state index is 0.248. The highest BCUT2D eigenvalue weighted by Crippen LogP contribution is 2.32. The van der Waals surface area contributed by atoms with Gasteiger partial charge in [0.1, 0.15) is 12.4 Å². The van der Waals surface area contributed by atoms with E-state index in [4.69, 9.17) is 27.9 Å². The minimum Gasteiger partial charge on any atom is -0.489 e. The molecule has 0 fully saturated rings. The second-order valence-electron chi connectivity index (χ2n) is 3.80. The van der Waals surface area contributed by atoms with Gasteiger partial charge in [0.2, 0.25) is 0 Å². The van der Waals surface area contributed by atoms with Gasteiger partial charge >= 0.3 is 6.36 Å². The highest BCUT2D eigenvalue weighted by atomic mass is 35.5. The number of halogens is 5. The maximum absolute atomic E-state index is 11.8. The SMILES string of the molecule is CCNCc1cc(Cl)cc(Cl)c1OCCOC(F)(F)F. The van der Waals surface area contributed by atoms with Crippen molar-refractivity contribution < 1.29 is 22.6 Å². The Morgan fingerprint density at radius 1 is 1.20 bits per heavy atom. The van der Waals surface area contributed by atoms with Crippen molar-refractivity contribution in [2.24, 2.45) is 0 Å². The fraction of sp³-hybridized carbons (Fsp3) is 0.500. The van der Waals surface area contributed by atoms with Crippen molar-refractivity contribution in [1.29, 1.82) is 0 Å². The number of hydrogen-bond donors (Lipinski definition) is 1. The summed E-state index contributed by atoms with van der Waals surface area (Å²) in [5.74, 6) is 0.308. The van der Waals surface area contributed by atoms with E-state index in [1.54, 1.807) is 6.07 Å². The van der Waals surface area contributed by atoms with Crippen LogP contribution in [-0.2, 0) is 11.3 Å². The summed E-state index contributed by atoms with van der Waals surface area (Å²) in [5.41, 5.74) is 0.677. The third-order valence-corrected chi connectivity index (χ3v) is 2.75. The number of alkyl halides is 3. The molecule has 0 aliphatic carbocycles. The van der Waals surface area contributed by atoms with Gasteiger partial charge in [-0.2, -0.15) is 0 Å². The Morgan fingerprint density at radius 2 is 1.90 bits per heavy atom. The topological polar surface area (TPSA) is 30.5 Å². The molecule has 1 rings (SSSR count). The van der Waals surface area contributed by atoms with Crippen LogP contribution >= 0.6 is 23.2 Å². The molecule has 0 spiro atoms. The predicted octanol–water partition coefficient (Wildman–Crippen LogP) is 4.02. The third kappa shape index (κ3) is 6.17. The second-order valence-corrected chi connectivity index (χ2v) is 4.64. The lowest BCUT2D eigenvalue weighted by atomic mass is 10.2. The van der Waals surface area contributed by atoms with Crippen LogP contribution in [-0.4, -0.2) is 26.1 Å². The van der Waals surface area contributed by atoms with Gasteiger partial charge in [-0.3, -0.25) is 4.74 Å². The van der Waals surface area contributed by atoms with Crippen molar-refractivity contribution in [3.05, 3.63) is 27.7 Å². The quantitative estimate of drug-likeness (QED) is 0.765. The van der Waals surface area contributed by atoms with E-state index < -0.39 is 13.0 Å². The Hall–Kier alpha value is -0.690. The summed E-state index contributed by atoms with van der Waals surface area (Å²) in [4.78, 5) is 0. The van der Waals surface area contributed by atoms with E-state index in [0.717, 1.165) is 6.54 Å². The maximum Gasteiger partial charge on any atom is 0.522 e. The molecule has 0 unspecified atom stereocenters.